The van der Waals surface area contributed by atoms with Crippen molar-refractivity contribution in [3.8, 4) is 11.1 Å². The monoisotopic (exact) mass is 449 g/mol. The first kappa shape index (κ1) is 21.7. The molecule has 11 heteroatoms. The largest absolute Gasteiger partial charge is 0.469 e. The van der Waals surface area contributed by atoms with Crippen LogP contribution in [0.4, 0.5) is 26.5 Å². The number of carbonyl (C=O) groups is 2. The summed E-state index contributed by atoms with van der Waals surface area (Å²) in [7, 11) is 1.28. The number of hydrogen-bond donors (Lipinski definition) is 3. The van der Waals surface area contributed by atoms with Crippen molar-refractivity contribution in [2.45, 2.75) is 13.3 Å². The van der Waals surface area contributed by atoms with Crippen LogP contribution in [0.15, 0.2) is 48.9 Å². The number of nitrogens with one attached hydrogen (secondary N) is 2. The molecule has 0 radical (unpaired) electrons. The second kappa shape index (κ2) is 8.91. The Labute approximate surface area is 187 Å². The lowest BCUT2D eigenvalue weighted by atomic mass is 10.00. The Morgan fingerprint density at radius 3 is 2.76 bits per heavy atom. The van der Waals surface area contributed by atoms with Gasteiger partial charge < -0.3 is 15.8 Å². The number of nitrogens with zero attached hydrogens (tertiary/aromatic N) is 4. The van der Waals surface area contributed by atoms with E-state index in [9.17, 15) is 14.0 Å². The third kappa shape index (κ3) is 4.56. The van der Waals surface area contributed by atoms with Gasteiger partial charge >= 0.3 is 12.0 Å². The molecule has 0 saturated carbocycles. The second-order valence-electron chi connectivity index (χ2n) is 7.16. The molecule has 0 saturated heterocycles. The molecular formula is C22H20FN7O3. The molecule has 3 aromatic heterocycles. The number of esters is 1. The highest BCUT2D eigenvalue weighted by Gasteiger charge is 2.20. The molecule has 2 amide bonds. The second-order valence-corrected chi connectivity index (χ2v) is 7.16. The Balaban J connectivity index is 1.66. The zero-order chi connectivity index (χ0) is 23.5. The van der Waals surface area contributed by atoms with Gasteiger partial charge in [0.2, 0.25) is 0 Å². The first-order valence-corrected chi connectivity index (χ1v) is 9.85. The van der Waals surface area contributed by atoms with Crippen LogP contribution in [-0.4, -0.2) is 38.7 Å². The van der Waals surface area contributed by atoms with Gasteiger partial charge in [-0.1, -0.05) is 12.1 Å². The normalized spacial score (nSPS) is 10.8. The molecule has 0 aliphatic carbocycles. The predicted octanol–water partition coefficient (Wildman–Crippen LogP) is 3.18. The highest BCUT2D eigenvalue weighted by Crippen LogP contribution is 2.34. The molecule has 168 valence electrons. The Hall–Kier alpha value is -4.54. The average Bonchev–Trinajstić information content (AvgIpc) is 3.14. The lowest BCUT2D eigenvalue weighted by Crippen LogP contribution is -2.20. The number of methoxy groups -OCH3 is 1. The van der Waals surface area contributed by atoms with Crippen molar-refractivity contribution in [3.63, 3.8) is 0 Å². The number of anilines is 3. The molecule has 0 unspecified atom stereocenters. The first-order chi connectivity index (χ1) is 15.9. The number of pyridine rings is 1. The summed E-state index contributed by atoms with van der Waals surface area (Å²) in [5, 5.41) is 9.13. The number of carbonyl (C=O) groups excluding carboxylic acids is 2. The predicted molar refractivity (Wildman–Crippen MR) is 120 cm³/mol. The molecule has 0 spiro atoms. The maximum Gasteiger partial charge on any atom is 0.324 e. The summed E-state index contributed by atoms with van der Waals surface area (Å²) in [5.74, 6) is -0.644. The lowest BCUT2D eigenvalue weighted by molar-refractivity contribution is -0.139. The number of nitrogens with two attached hydrogens (primary N) is 1. The van der Waals surface area contributed by atoms with Crippen LogP contribution in [0.2, 0.25) is 0 Å². The first-order valence-electron chi connectivity index (χ1n) is 9.85. The molecule has 4 rings (SSSR count). The van der Waals surface area contributed by atoms with E-state index in [2.05, 4.69) is 25.7 Å². The van der Waals surface area contributed by atoms with E-state index < -0.39 is 17.8 Å². The molecule has 33 heavy (non-hydrogen) atoms. The van der Waals surface area contributed by atoms with Gasteiger partial charge in [-0.2, -0.15) is 5.10 Å². The van der Waals surface area contributed by atoms with Crippen LogP contribution in [0.5, 0.6) is 0 Å². The van der Waals surface area contributed by atoms with Gasteiger partial charge in [-0.3, -0.25) is 10.1 Å². The number of halogens is 1. The van der Waals surface area contributed by atoms with Crippen LogP contribution in [0.1, 0.15) is 11.3 Å². The molecule has 0 aliphatic heterocycles. The molecule has 0 atom stereocenters. The standard InChI is InChI=1S/C22H20FN7O3/c1-12-4-3-5-17(27-12)29-22(32)28-16-7-6-13(8-15(16)23)19-14(9-18(31)33-2)10-30-20(19)21(24)25-11-26-30/h3-8,10-11H,9H2,1-2H3,(H2,24,25,26)(H2,27,28,29,32). The number of hydrogen-bond acceptors (Lipinski definition) is 7. The lowest BCUT2D eigenvalue weighted by Gasteiger charge is -2.11. The van der Waals surface area contributed by atoms with Crippen molar-refractivity contribution < 1.29 is 18.7 Å². The van der Waals surface area contributed by atoms with Crippen molar-refractivity contribution in [3.05, 3.63) is 66.0 Å². The van der Waals surface area contributed by atoms with Crippen LogP contribution in [0.25, 0.3) is 16.6 Å². The van der Waals surface area contributed by atoms with Gasteiger partial charge in [0.1, 0.15) is 23.5 Å². The Morgan fingerprint density at radius 1 is 1.21 bits per heavy atom. The van der Waals surface area contributed by atoms with Gasteiger partial charge in [-0.05, 0) is 42.3 Å². The van der Waals surface area contributed by atoms with Gasteiger partial charge in [0.05, 0.1) is 19.2 Å². The fourth-order valence-corrected chi connectivity index (χ4v) is 3.42. The number of ether oxygens (including phenoxy) is 1. The summed E-state index contributed by atoms with van der Waals surface area (Å²) in [4.78, 5) is 32.3. The Morgan fingerprint density at radius 2 is 2.03 bits per heavy atom. The van der Waals surface area contributed by atoms with Gasteiger partial charge in [0.15, 0.2) is 5.82 Å². The molecule has 4 aromatic rings. The topological polar surface area (TPSA) is 137 Å². The van der Waals surface area contributed by atoms with Gasteiger partial charge in [0, 0.05) is 17.5 Å². The fourth-order valence-electron chi connectivity index (χ4n) is 3.42. The smallest absolute Gasteiger partial charge is 0.324 e. The summed E-state index contributed by atoms with van der Waals surface area (Å²) >= 11 is 0. The van der Waals surface area contributed by atoms with E-state index in [0.717, 1.165) is 5.69 Å². The van der Waals surface area contributed by atoms with Crippen molar-refractivity contribution in [1.29, 1.82) is 0 Å². The summed E-state index contributed by atoms with van der Waals surface area (Å²) in [6, 6.07) is 8.78. The minimum absolute atomic E-state index is 0.0360. The van der Waals surface area contributed by atoms with E-state index in [1.165, 1.54) is 30.1 Å². The van der Waals surface area contributed by atoms with Crippen LogP contribution in [0.3, 0.4) is 0 Å². The number of nitrogen functional groups attached to an aromatic ring is 1. The molecule has 4 N–H and O–H groups in total. The van der Waals surface area contributed by atoms with Crippen molar-refractivity contribution in [1.82, 2.24) is 19.6 Å². The third-order valence-corrected chi connectivity index (χ3v) is 4.88. The number of aromatic nitrogens is 4. The minimum Gasteiger partial charge on any atom is -0.469 e. The summed E-state index contributed by atoms with van der Waals surface area (Å²) in [6.45, 7) is 1.79. The van der Waals surface area contributed by atoms with Crippen molar-refractivity contribution in [2.75, 3.05) is 23.5 Å². The maximum atomic E-state index is 14.9. The van der Waals surface area contributed by atoms with Crippen LogP contribution in [-0.2, 0) is 16.0 Å². The molecule has 0 fully saturated rings. The number of benzene rings is 1. The van der Waals surface area contributed by atoms with E-state index in [0.29, 0.717) is 28.0 Å². The average molecular weight is 449 g/mol. The zero-order valence-corrected chi connectivity index (χ0v) is 17.8. The number of urea groups is 1. The zero-order valence-electron chi connectivity index (χ0n) is 17.8. The minimum atomic E-state index is -0.682. The van der Waals surface area contributed by atoms with Gasteiger partial charge in [0.25, 0.3) is 0 Å². The number of fused-ring (bicyclic) bond motifs is 1. The quantitative estimate of drug-likeness (QED) is 0.398. The van der Waals surface area contributed by atoms with Gasteiger partial charge in [-0.15, -0.1) is 0 Å². The van der Waals surface area contributed by atoms with Crippen LogP contribution in [0, 0.1) is 12.7 Å². The van der Waals surface area contributed by atoms with E-state index in [4.69, 9.17) is 10.5 Å². The molecular weight excluding hydrogens is 429 g/mol. The fraction of sp³-hybridized carbons (Fsp3) is 0.136. The van der Waals surface area contributed by atoms with E-state index >= 15 is 0 Å². The highest BCUT2D eigenvalue weighted by molar-refractivity contribution is 5.99. The number of amides is 2. The summed E-state index contributed by atoms with van der Waals surface area (Å²) in [5.41, 5.74) is 8.63. The highest BCUT2D eigenvalue weighted by atomic mass is 19.1. The Bertz CT molecular complexity index is 1370. The van der Waals surface area contributed by atoms with Crippen molar-refractivity contribution >= 4 is 34.8 Å². The molecule has 0 aliphatic rings. The summed E-state index contributed by atoms with van der Waals surface area (Å²) < 4.78 is 21.2. The molecule has 0 bridgehead atoms. The molecule has 1 aromatic carbocycles. The molecule has 10 nitrogen and oxygen atoms in total. The van der Waals surface area contributed by atoms with Gasteiger partial charge in [-0.25, -0.2) is 23.7 Å². The van der Waals surface area contributed by atoms with E-state index in [1.54, 1.807) is 37.4 Å². The maximum absolute atomic E-state index is 14.9. The van der Waals surface area contributed by atoms with Crippen molar-refractivity contribution in [2.24, 2.45) is 0 Å². The summed E-state index contributed by atoms with van der Waals surface area (Å²) in [6.07, 6.45) is 2.83. The SMILES string of the molecule is COC(=O)Cc1cn2ncnc(N)c2c1-c1ccc(NC(=O)Nc2cccc(C)n2)c(F)c1. The van der Waals surface area contributed by atoms with E-state index in [1.807, 2.05) is 0 Å². The van der Waals surface area contributed by atoms with Crippen LogP contribution < -0.4 is 16.4 Å². The number of aryl methyl sites for hydroxylation is 1. The third-order valence-electron chi connectivity index (χ3n) is 4.88. The number of rotatable bonds is 5. The van der Waals surface area contributed by atoms with E-state index in [-0.39, 0.29) is 17.9 Å². The molecule has 3 heterocycles. The van der Waals surface area contributed by atoms with Crippen LogP contribution >= 0.6 is 0 Å². The Kier molecular flexibility index (Phi) is 5.85.